The lowest BCUT2D eigenvalue weighted by Gasteiger charge is -2.07. The molecule has 3 rings (SSSR count). The SMILES string of the molecule is [O-][n+]1ccc(C(F)(F)F)cc1-c1nc2ccccc2s1. The second-order valence-corrected chi connectivity index (χ2v) is 5.14. The van der Waals surface area contributed by atoms with Crippen LogP contribution >= 0.6 is 11.3 Å². The van der Waals surface area contributed by atoms with E-state index in [-0.39, 0.29) is 10.7 Å². The summed E-state index contributed by atoms with van der Waals surface area (Å²) in [5.41, 5.74) is -0.301. The summed E-state index contributed by atoms with van der Waals surface area (Å²) in [4.78, 5) is 4.20. The summed E-state index contributed by atoms with van der Waals surface area (Å²) in [7, 11) is 0. The highest BCUT2D eigenvalue weighted by Gasteiger charge is 2.33. The van der Waals surface area contributed by atoms with Gasteiger partial charge in [0.2, 0.25) is 0 Å². The number of nitrogens with zero attached hydrogens (tertiary/aromatic N) is 2. The summed E-state index contributed by atoms with van der Waals surface area (Å²) >= 11 is 1.18. The third-order valence-corrected chi connectivity index (χ3v) is 3.82. The number of rotatable bonds is 1. The van der Waals surface area contributed by atoms with Gasteiger partial charge in [-0.05, 0) is 12.1 Å². The molecule has 3 nitrogen and oxygen atoms in total. The van der Waals surface area contributed by atoms with Gasteiger partial charge in [0, 0.05) is 12.1 Å². The first kappa shape index (κ1) is 12.9. The van der Waals surface area contributed by atoms with E-state index < -0.39 is 11.7 Å². The first-order chi connectivity index (χ1) is 9.45. The van der Waals surface area contributed by atoms with E-state index in [0.717, 1.165) is 23.0 Å². The molecule has 3 aromatic rings. The standard InChI is InChI=1S/C13H7F3N2OS/c14-13(15,16)8-5-6-18(19)10(7-8)12-17-9-3-1-2-4-11(9)20-12/h1-7H. The molecule has 20 heavy (non-hydrogen) atoms. The van der Waals surface area contributed by atoms with Gasteiger partial charge in [-0.1, -0.05) is 12.1 Å². The summed E-state index contributed by atoms with van der Waals surface area (Å²) in [5.74, 6) is 0. The number of aromatic nitrogens is 2. The molecule has 7 heteroatoms. The molecule has 1 aromatic carbocycles. The number of fused-ring (bicyclic) bond motifs is 1. The third-order valence-electron chi connectivity index (χ3n) is 2.76. The maximum atomic E-state index is 12.7. The Labute approximate surface area is 115 Å². The zero-order chi connectivity index (χ0) is 14.3. The van der Waals surface area contributed by atoms with Crippen LogP contribution in [0.1, 0.15) is 5.56 Å². The molecule has 0 saturated carbocycles. The van der Waals surface area contributed by atoms with Crippen molar-refractivity contribution in [3.8, 4) is 10.7 Å². The lowest BCUT2D eigenvalue weighted by Crippen LogP contribution is -2.29. The Kier molecular flexibility index (Phi) is 2.86. The molecule has 0 amide bonds. The maximum Gasteiger partial charge on any atom is 0.416 e. The summed E-state index contributed by atoms with van der Waals surface area (Å²) in [6.45, 7) is 0. The van der Waals surface area contributed by atoms with E-state index in [1.54, 1.807) is 18.2 Å². The summed E-state index contributed by atoms with van der Waals surface area (Å²) < 4.78 is 39.3. The summed E-state index contributed by atoms with van der Waals surface area (Å²) in [6, 6.07) is 8.72. The van der Waals surface area contributed by atoms with Gasteiger partial charge in [0.1, 0.15) is 0 Å². The second-order valence-electron chi connectivity index (χ2n) is 4.11. The molecule has 2 aromatic heterocycles. The third kappa shape index (κ3) is 2.20. The minimum atomic E-state index is -4.49. The normalized spacial score (nSPS) is 11.9. The summed E-state index contributed by atoms with van der Waals surface area (Å²) in [6.07, 6.45) is -3.64. The average Bonchev–Trinajstić information content (AvgIpc) is 2.81. The first-order valence-corrected chi connectivity index (χ1v) is 6.43. The fourth-order valence-electron chi connectivity index (χ4n) is 1.80. The molecule has 0 aliphatic carbocycles. The van der Waals surface area contributed by atoms with Crippen LogP contribution in [0.3, 0.4) is 0 Å². The van der Waals surface area contributed by atoms with E-state index in [0.29, 0.717) is 10.2 Å². The van der Waals surface area contributed by atoms with Crippen molar-refractivity contribution in [2.24, 2.45) is 0 Å². The molecule has 0 spiro atoms. The molecule has 0 bridgehead atoms. The Balaban J connectivity index is 2.17. The van der Waals surface area contributed by atoms with Gasteiger partial charge < -0.3 is 5.21 Å². The van der Waals surface area contributed by atoms with Crippen LogP contribution in [0.2, 0.25) is 0 Å². The Bertz CT molecular complexity index is 750. The number of pyridine rings is 1. The van der Waals surface area contributed by atoms with Crippen molar-refractivity contribution in [3.63, 3.8) is 0 Å². The predicted molar refractivity (Wildman–Crippen MR) is 69.0 cm³/mol. The number of hydrogen-bond donors (Lipinski definition) is 0. The van der Waals surface area contributed by atoms with Crippen LogP contribution in [0.4, 0.5) is 13.2 Å². The van der Waals surface area contributed by atoms with Gasteiger partial charge in [-0.3, -0.25) is 0 Å². The highest BCUT2D eigenvalue weighted by Crippen LogP contribution is 2.33. The molecule has 0 N–H and O–H groups in total. The zero-order valence-corrected chi connectivity index (χ0v) is 10.7. The van der Waals surface area contributed by atoms with Gasteiger partial charge in [0.05, 0.1) is 15.8 Å². The Morgan fingerprint density at radius 1 is 1.15 bits per heavy atom. The van der Waals surface area contributed by atoms with Crippen LogP contribution in [0.25, 0.3) is 20.9 Å². The van der Waals surface area contributed by atoms with Crippen LogP contribution in [0, 0.1) is 5.21 Å². The number of hydrogen-bond acceptors (Lipinski definition) is 3. The number of para-hydroxylation sites is 1. The molecule has 0 fully saturated rings. The lowest BCUT2D eigenvalue weighted by atomic mass is 10.2. The molecule has 102 valence electrons. The van der Waals surface area contributed by atoms with Gasteiger partial charge in [-0.25, -0.2) is 4.98 Å². The minimum absolute atomic E-state index is 0.0963. The predicted octanol–water partition coefficient (Wildman–Crippen LogP) is 3.62. The molecular weight excluding hydrogens is 289 g/mol. The Morgan fingerprint density at radius 3 is 2.60 bits per heavy atom. The van der Waals surface area contributed by atoms with Crippen molar-refractivity contribution in [2.45, 2.75) is 6.18 Å². The van der Waals surface area contributed by atoms with Gasteiger partial charge in [-0.2, -0.15) is 17.9 Å². The fourth-order valence-corrected chi connectivity index (χ4v) is 2.77. The van der Waals surface area contributed by atoms with Crippen molar-refractivity contribution in [1.29, 1.82) is 0 Å². The number of thiazole rings is 1. The molecular formula is C13H7F3N2OS. The number of benzene rings is 1. The first-order valence-electron chi connectivity index (χ1n) is 5.61. The lowest BCUT2D eigenvalue weighted by molar-refractivity contribution is -0.593. The van der Waals surface area contributed by atoms with E-state index in [1.165, 1.54) is 11.3 Å². The average molecular weight is 296 g/mol. The second kappa shape index (κ2) is 4.45. The quantitative estimate of drug-likeness (QED) is 0.508. The van der Waals surface area contributed by atoms with E-state index in [2.05, 4.69) is 4.98 Å². The van der Waals surface area contributed by atoms with Crippen molar-refractivity contribution < 1.29 is 17.9 Å². The van der Waals surface area contributed by atoms with Crippen LogP contribution in [0.5, 0.6) is 0 Å². The van der Waals surface area contributed by atoms with Crippen LogP contribution in [-0.2, 0) is 6.18 Å². The molecule has 0 saturated heterocycles. The van der Waals surface area contributed by atoms with Crippen LogP contribution in [0.15, 0.2) is 42.6 Å². The highest BCUT2D eigenvalue weighted by molar-refractivity contribution is 7.21. The number of alkyl halides is 3. The smallest absolute Gasteiger partial charge is 0.416 e. The van der Waals surface area contributed by atoms with Crippen LogP contribution in [-0.4, -0.2) is 4.98 Å². The minimum Gasteiger partial charge on any atom is -0.618 e. The van der Waals surface area contributed by atoms with E-state index in [9.17, 15) is 18.4 Å². The van der Waals surface area contributed by atoms with Crippen molar-refractivity contribution in [1.82, 2.24) is 4.98 Å². The maximum absolute atomic E-state index is 12.7. The topological polar surface area (TPSA) is 39.8 Å². The molecule has 0 atom stereocenters. The van der Waals surface area contributed by atoms with Gasteiger partial charge in [-0.15, -0.1) is 11.3 Å². The van der Waals surface area contributed by atoms with Crippen LogP contribution < -0.4 is 4.73 Å². The van der Waals surface area contributed by atoms with Gasteiger partial charge >= 0.3 is 6.18 Å². The highest BCUT2D eigenvalue weighted by atomic mass is 32.1. The van der Waals surface area contributed by atoms with Crippen molar-refractivity contribution in [3.05, 3.63) is 53.4 Å². The van der Waals surface area contributed by atoms with E-state index in [4.69, 9.17) is 0 Å². The molecule has 2 heterocycles. The molecule has 0 aliphatic rings. The largest absolute Gasteiger partial charge is 0.618 e. The Morgan fingerprint density at radius 2 is 1.90 bits per heavy atom. The fraction of sp³-hybridized carbons (Fsp3) is 0.0769. The van der Waals surface area contributed by atoms with Crippen molar-refractivity contribution in [2.75, 3.05) is 0 Å². The molecule has 0 unspecified atom stereocenters. The molecule has 0 aliphatic heterocycles. The van der Waals surface area contributed by atoms with Gasteiger partial charge in [0.25, 0.3) is 5.69 Å². The number of halogens is 3. The Hall–Kier alpha value is -2.15. The molecule has 0 radical (unpaired) electrons. The summed E-state index contributed by atoms with van der Waals surface area (Å²) in [5, 5.41) is 12.0. The van der Waals surface area contributed by atoms with Crippen molar-refractivity contribution >= 4 is 21.6 Å². The zero-order valence-electron chi connectivity index (χ0n) is 9.89. The van der Waals surface area contributed by atoms with Gasteiger partial charge in [0.15, 0.2) is 11.2 Å². The van der Waals surface area contributed by atoms with E-state index in [1.807, 2.05) is 6.07 Å². The van der Waals surface area contributed by atoms with E-state index >= 15 is 0 Å². The monoisotopic (exact) mass is 296 g/mol.